The molecule has 0 aliphatic rings. The average Bonchev–Trinajstić information content (AvgIpc) is 2.96. The highest BCUT2D eigenvalue weighted by atomic mass is 32.2. The van der Waals surface area contributed by atoms with Crippen LogP contribution in [0.2, 0.25) is 0 Å². The molecule has 1 aromatic heterocycles. The van der Waals surface area contributed by atoms with Crippen LogP contribution in [0.5, 0.6) is 0 Å². The number of thiazole rings is 1. The Labute approximate surface area is 122 Å². The molecule has 1 heterocycles. The molecule has 100 valence electrons. The Balaban J connectivity index is 1.89. The van der Waals surface area contributed by atoms with Gasteiger partial charge in [-0.15, -0.1) is 23.1 Å². The van der Waals surface area contributed by atoms with Crippen LogP contribution >= 0.6 is 23.1 Å². The van der Waals surface area contributed by atoms with Crippen LogP contribution in [0.15, 0.2) is 39.8 Å². The third-order valence-corrected chi connectivity index (χ3v) is 4.48. The van der Waals surface area contributed by atoms with E-state index in [1.807, 2.05) is 17.8 Å². The van der Waals surface area contributed by atoms with Gasteiger partial charge in [0.25, 0.3) is 0 Å². The highest BCUT2D eigenvalue weighted by Crippen LogP contribution is 2.30. The zero-order chi connectivity index (χ0) is 13.5. The summed E-state index contributed by atoms with van der Waals surface area (Å²) in [5, 5.41) is 3.40. The molecule has 0 aliphatic heterocycles. The maximum atomic E-state index is 4.07. The first-order chi connectivity index (χ1) is 9.33. The van der Waals surface area contributed by atoms with Crippen LogP contribution in [-0.2, 0) is 13.0 Å². The number of rotatable bonds is 7. The van der Waals surface area contributed by atoms with Crippen molar-refractivity contribution >= 4 is 35.5 Å². The highest BCUT2D eigenvalue weighted by molar-refractivity contribution is 7.99. The number of aryl methyl sites for hydroxylation is 1. The molecule has 0 amide bonds. The van der Waals surface area contributed by atoms with Crippen molar-refractivity contribution in [3.05, 3.63) is 40.3 Å². The molecule has 1 aromatic carbocycles. The number of aromatic nitrogens is 1. The van der Waals surface area contributed by atoms with Gasteiger partial charge in [-0.25, -0.2) is 0 Å². The molecule has 0 spiro atoms. The smallest absolute Gasteiger partial charge is 0.0794 e. The lowest BCUT2D eigenvalue weighted by atomic mass is 10.1. The van der Waals surface area contributed by atoms with E-state index in [0.717, 1.165) is 24.5 Å². The molecule has 0 fully saturated rings. The Bertz CT molecular complexity index is 523. The van der Waals surface area contributed by atoms with Gasteiger partial charge in [0.1, 0.15) is 0 Å². The maximum Gasteiger partial charge on any atom is 0.0794 e. The number of nitrogens with one attached hydrogen (secondary N) is 1. The largest absolute Gasteiger partial charge is 0.303 e. The van der Waals surface area contributed by atoms with Crippen molar-refractivity contribution in [1.29, 1.82) is 0 Å². The molecular formula is C14H17N3S2. The second-order valence-electron chi connectivity index (χ2n) is 4.00. The van der Waals surface area contributed by atoms with Gasteiger partial charge in [-0.2, -0.15) is 0 Å². The molecule has 2 aromatic rings. The van der Waals surface area contributed by atoms with Crippen LogP contribution in [0.25, 0.3) is 0 Å². The van der Waals surface area contributed by atoms with E-state index in [0.29, 0.717) is 0 Å². The van der Waals surface area contributed by atoms with Crippen molar-refractivity contribution in [2.75, 3.05) is 5.88 Å². The van der Waals surface area contributed by atoms with Gasteiger partial charge in [0, 0.05) is 28.4 Å². The Morgan fingerprint density at radius 3 is 3.05 bits per heavy atom. The second kappa shape index (κ2) is 7.43. The monoisotopic (exact) mass is 291 g/mol. The van der Waals surface area contributed by atoms with Crippen LogP contribution in [0.3, 0.4) is 0 Å². The number of benzene rings is 1. The van der Waals surface area contributed by atoms with Crippen molar-refractivity contribution in [3.8, 4) is 0 Å². The number of thioether (sulfide) groups is 1. The zero-order valence-corrected chi connectivity index (χ0v) is 12.6. The van der Waals surface area contributed by atoms with E-state index >= 15 is 0 Å². The molecule has 0 aliphatic carbocycles. The lowest BCUT2D eigenvalue weighted by molar-refractivity contribution is 0.806. The fourth-order valence-corrected chi connectivity index (χ4v) is 3.10. The summed E-state index contributed by atoms with van der Waals surface area (Å²) in [6, 6.07) is 6.35. The molecule has 0 atom stereocenters. The van der Waals surface area contributed by atoms with E-state index < -0.39 is 0 Å². The molecule has 0 radical (unpaired) electrons. The zero-order valence-electron chi connectivity index (χ0n) is 10.9. The van der Waals surface area contributed by atoms with E-state index in [1.165, 1.54) is 15.3 Å². The van der Waals surface area contributed by atoms with Gasteiger partial charge < -0.3 is 5.32 Å². The molecule has 19 heavy (non-hydrogen) atoms. The van der Waals surface area contributed by atoms with Crippen molar-refractivity contribution in [3.63, 3.8) is 0 Å². The molecule has 1 N–H and O–H groups in total. The Morgan fingerprint density at radius 2 is 2.37 bits per heavy atom. The van der Waals surface area contributed by atoms with E-state index in [4.69, 9.17) is 0 Å². The number of nitrogens with zero attached hydrogens (tertiary/aromatic N) is 2. The lowest BCUT2D eigenvalue weighted by Gasteiger charge is -2.08. The molecule has 0 saturated heterocycles. The van der Waals surface area contributed by atoms with Crippen molar-refractivity contribution in [2.24, 2.45) is 4.99 Å². The number of hydrogen-bond donors (Lipinski definition) is 1. The van der Waals surface area contributed by atoms with Crippen LogP contribution in [0.1, 0.15) is 17.4 Å². The molecule has 3 nitrogen and oxygen atoms in total. The fourth-order valence-electron chi connectivity index (χ4n) is 1.66. The maximum absolute atomic E-state index is 4.07. The van der Waals surface area contributed by atoms with Gasteiger partial charge in [0.2, 0.25) is 0 Å². The molecule has 0 saturated carbocycles. The Hall–Kier alpha value is -1.17. The average molecular weight is 291 g/mol. The topological polar surface area (TPSA) is 37.3 Å². The van der Waals surface area contributed by atoms with Crippen LogP contribution in [0.4, 0.5) is 5.69 Å². The summed E-state index contributed by atoms with van der Waals surface area (Å²) in [6.07, 6.45) is 2.94. The van der Waals surface area contributed by atoms with Gasteiger partial charge in [-0.1, -0.05) is 13.0 Å². The SMILES string of the molecule is C=Nc1ccc(CC)cc1SCNCc1cncs1. The third kappa shape index (κ3) is 4.16. The van der Waals surface area contributed by atoms with E-state index in [1.54, 1.807) is 23.1 Å². The predicted molar refractivity (Wildman–Crippen MR) is 84.7 cm³/mol. The normalized spacial score (nSPS) is 10.6. The van der Waals surface area contributed by atoms with Crippen molar-refractivity contribution < 1.29 is 0 Å². The summed E-state index contributed by atoms with van der Waals surface area (Å²) in [5.74, 6) is 0.855. The molecule has 5 heteroatoms. The fraction of sp³-hybridized carbons (Fsp3) is 0.286. The van der Waals surface area contributed by atoms with Gasteiger partial charge in [-0.05, 0) is 30.8 Å². The first kappa shape index (κ1) is 14.2. The Kier molecular flexibility index (Phi) is 5.57. The Morgan fingerprint density at radius 1 is 1.47 bits per heavy atom. The first-order valence-corrected chi connectivity index (χ1v) is 8.00. The van der Waals surface area contributed by atoms with Crippen LogP contribution in [-0.4, -0.2) is 17.6 Å². The third-order valence-electron chi connectivity index (χ3n) is 2.72. The van der Waals surface area contributed by atoms with Gasteiger partial charge in [-0.3, -0.25) is 9.98 Å². The first-order valence-electron chi connectivity index (χ1n) is 6.14. The molecule has 2 rings (SSSR count). The van der Waals surface area contributed by atoms with E-state index in [2.05, 4.69) is 41.1 Å². The minimum Gasteiger partial charge on any atom is -0.303 e. The summed E-state index contributed by atoms with van der Waals surface area (Å²) in [7, 11) is 0. The van der Waals surface area contributed by atoms with Crippen LogP contribution < -0.4 is 5.32 Å². The minimum atomic E-state index is 0.855. The van der Waals surface area contributed by atoms with Gasteiger partial charge in [0.05, 0.1) is 11.2 Å². The highest BCUT2D eigenvalue weighted by Gasteiger charge is 2.03. The summed E-state index contributed by atoms with van der Waals surface area (Å²) in [4.78, 5) is 10.6. The summed E-state index contributed by atoms with van der Waals surface area (Å²) < 4.78 is 0. The summed E-state index contributed by atoms with van der Waals surface area (Å²) in [5.41, 5.74) is 4.15. The van der Waals surface area contributed by atoms with Crippen molar-refractivity contribution in [1.82, 2.24) is 10.3 Å². The lowest BCUT2D eigenvalue weighted by Crippen LogP contribution is -2.10. The van der Waals surface area contributed by atoms with Crippen molar-refractivity contribution in [2.45, 2.75) is 24.8 Å². The number of hydrogen-bond acceptors (Lipinski definition) is 5. The predicted octanol–water partition coefficient (Wildman–Crippen LogP) is 3.88. The number of aliphatic imine (C=N–C) groups is 1. The van der Waals surface area contributed by atoms with E-state index in [9.17, 15) is 0 Å². The molecule has 0 bridgehead atoms. The van der Waals surface area contributed by atoms with E-state index in [-0.39, 0.29) is 0 Å². The second-order valence-corrected chi connectivity index (χ2v) is 5.99. The minimum absolute atomic E-state index is 0.855. The molecular weight excluding hydrogens is 274 g/mol. The summed E-state index contributed by atoms with van der Waals surface area (Å²) >= 11 is 3.43. The summed E-state index contributed by atoms with van der Waals surface area (Å²) in [6.45, 7) is 6.65. The van der Waals surface area contributed by atoms with Gasteiger partial charge in [0.15, 0.2) is 0 Å². The standard InChI is InChI=1S/C14H17N3S2/c1-3-11-4-5-13(15-2)14(6-11)19-10-17-8-12-7-16-9-18-12/h4-7,9,17H,2-3,8,10H2,1H3. The van der Waals surface area contributed by atoms with Crippen LogP contribution in [0, 0.1) is 0 Å². The quantitative estimate of drug-likeness (QED) is 0.364. The molecule has 0 unspecified atom stereocenters. The van der Waals surface area contributed by atoms with Gasteiger partial charge >= 0.3 is 0 Å².